The molecule has 1 aliphatic carbocycles. The summed E-state index contributed by atoms with van der Waals surface area (Å²) in [5.74, 6) is 1.07. The average molecular weight is 286 g/mol. The van der Waals surface area contributed by atoms with E-state index in [1.54, 1.807) is 7.11 Å². The van der Waals surface area contributed by atoms with Crippen LogP contribution in [0.3, 0.4) is 0 Å². The molecule has 0 unspecified atom stereocenters. The first kappa shape index (κ1) is 14.2. The summed E-state index contributed by atoms with van der Waals surface area (Å²) < 4.78 is 5.04. The molecule has 0 aromatic heterocycles. The lowest BCUT2D eigenvalue weighted by atomic mass is 10.2. The third kappa shape index (κ3) is 4.81. The Kier molecular flexibility index (Phi) is 5.83. The average Bonchev–Trinajstić information content (AvgIpc) is 3.18. The lowest BCUT2D eigenvalue weighted by molar-refractivity contribution is 0.200. The topological polar surface area (TPSA) is 21.3 Å². The number of rotatable bonds is 8. The molecule has 18 heavy (non-hydrogen) atoms. The van der Waals surface area contributed by atoms with Gasteiger partial charge >= 0.3 is 0 Å². The fourth-order valence-corrected chi connectivity index (χ4v) is 2.87. The first-order valence-electron chi connectivity index (χ1n) is 6.43. The van der Waals surface area contributed by atoms with E-state index in [9.17, 15) is 0 Å². The molecule has 1 aromatic rings. The molecular formula is C14H20ClNOS. The zero-order chi connectivity index (χ0) is 12.8. The quantitative estimate of drug-likeness (QED) is 0.581. The summed E-state index contributed by atoms with van der Waals surface area (Å²) in [7, 11) is 1.74. The molecule has 1 fully saturated rings. The van der Waals surface area contributed by atoms with E-state index in [4.69, 9.17) is 16.3 Å². The zero-order valence-corrected chi connectivity index (χ0v) is 12.3. The summed E-state index contributed by atoms with van der Waals surface area (Å²) >= 11 is 8.13. The van der Waals surface area contributed by atoms with Crippen LogP contribution in [0, 0.1) is 0 Å². The normalized spacial score (nSPS) is 15.0. The van der Waals surface area contributed by atoms with E-state index in [1.807, 2.05) is 11.8 Å². The predicted molar refractivity (Wildman–Crippen MR) is 78.5 cm³/mol. The second kappa shape index (κ2) is 7.39. The lowest BCUT2D eigenvalue weighted by Crippen LogP contribution is -2.15. The first-order valence-corrected chi connectivity index (χ1v) is 7.79. The van der Waals surface area contributed by atoms with Gasteiger partial charge < -0.3 is 10.1 Å². The van der Waals surface area contributed by atoms with Crippen LogP contribution in [0.4, 0.5) is 0 Å². The number of nitrogens with one attached hydrogen (secondary N) is 1. The molecule has 0 spiro atoms. The van der Waals surface area contributed by atoms with Gasteiger partial charge in [0.05, 0.1) is 0 Å². The van der Waals surface area contributed by atoms with Crippen LogP contribution in [0.5, 0.6) is 0 Å². The van der Waals surface area contributed by atoms with Crippen molar-refractivity contribution in [2.75, 3.05) is 19.5 Å². The molecule has 0 heterocycles. The van der Waals surface area contributed by atoms with E-state index in [2.05, 4.69) is 23.5 Å². The van der Waals surface area contributed by atoms with Crippen LogP contribution in [0.1, 0.15) is 24.8 Å². The minimum Gasteiger partial charge on any atom is -0.385 e. The van der Waals surface area contributed by atoms with Gasteiger partial charge in [0.1, 0.15) is 0 Å². The fraction of sp³-hybridized carbons (Fsp3) is 0.571. The van der Waals surface area contributed by atoms with Crippen molar-refractivity contribution in [3.05, 3.63) is 28.8 Å². The number of hydrogen-bond acceptors (Lipinski definition) is 3. The molecule has 100 valence electrons. The second-order valence-corrected chi connectivity index (χ2v) is 6.18. The van der Waals surface area contributed by atoms with E-state index in [-0.39, 0.29) is 0 Å². The fourth-order valence-electron chi connectivity index (χ4n) is 1.70. The maximum absolute atomic E-state index is 6.30. The molecule has 4 heteroatoms. The summed E-state index contributed by atoms with van der Waals surface area (Å²) in [4.78, 5) is 1.24. The molecule has 0 saturated heterocycles. The van der Waals surface area contributed by atoms with Crippen molar-refractivity contribution in [2.24, 2.45) is 0 Å². The molecule has 0 amide bonds. The van der Waals surface area contributed by atoms with Gasteiger partial charge in [-0.2, -0.15) is 0 Å². The minimum atomic E-state index is 0.726. The minimum absolute atomic E-state index is 0.726. The zero-order valence-electron chi connectivity index (χ0n) is 10.7. The van der Waals surface area contributed by atoms with Gasteiger partial charge in [0, 0.05) is 42.0 Å². The van der Waals surface area contributed by atoms with Crippen molar-refractivity contribution in [2.45, 2.75) is 36.7 Å². The van der Waals surface area contributed by atoms with Gasteiger partial charge in [-0.25, -0.2) is 0 Å². The number of thioether (sulfide) groups is 1. The van der Waals surface area contributed by atoms with Gasteiger partial charge in [0.25, 0.3) is 0 Å². The van der Waals surface area contributed by atoms with Gasteiger partial charge in [-0.1, -0.05) is 17.7 Å². The van der Waals surface area contributed by atoms with Crippen molar-refractivity contribution in [3.8, 4) is 0 Å². The Morgan fingerprint density at radius 2 is 2.28 bits per heavy atom. The highest BCUT2D eigenvalue weighted by molar-refractivity contribution is 7.99. The van der Waals surface area contributed by atoms with Crippen molar-refractivity contribution < 1.29 is 4.74 Å². The largest absolute Gasteiger partial charge is 0.385 e. The van der Waals surface area contributed by atoms with E-state index in [0.717, 1.165) is 36.4 Å². The summed E-state index contributed by atoms with van der Waals surface area (Å²) in [5.41, 5.74) is 1.20. The Balaban J connectivity index is 1.79. The molecular weight excluding hydrogens is 266 g/mol. The van der Waals surface area contributed by atoms with Crippen LogP contribution in [0.25, 0.3) is 0 Å². The third-order valence-electron chi connectivity index (χ3n) is 2.94. The van der Waals surface area contributed by atoms with Crippen LogP contribution in [-0.2, 0) is 11.3 Å². The smallest absolute Gasteiger partial charge is 0.0470 e. The number of halogens is 1. The molecule has 1 saturated carbocycles. The molecule has 2 rings (SSSR count). The molecule has 0 radical (unpaired) electrons. The summed E-state index contributed by atoms with van der Waals surface area (Å²) in [6, 6.07) is 7.09. The number of ether oxygens (including phenoxy) is 1. The van der Waals surface area contributed by atoms with Crippen molar-refractivity contribution in [1.29, 1.82) is 0 Å². The van der Waals surface area contributed by atoms with Gasteiger partial charge in [-0.05, 0) is 37.0 Å². The lowest BCUT2D eigenvalue weighted by Gasteiger charge is -2.08. The van der Waals surface area contributed by atoms with Crippen LogP contribution in [-0.4, -0.2) is 25.5 Å². The predicted octanol–water partition coefficient (Wildman–Crippen LogP) is 3.72. The Morgan fingerprint density at radius 1 is 1.44 bits per heavy atom. The molecule has 0 atom stereocenters. The summed E-state index contributed by atoms with van der Waals surface area (Å²) in [6.07, 6.45) is 3.69. The van der Waals surface area contributed by atoms with Crippen molar-refractivity contribution in [3.63, 3.8) is 0 Å². The van der Waals surface area contributed by atoms with Gasteiger partial charge in [0.15, 0.2) is 0 Å². The highest BCUT2D eigenvalue weighted by Crippen LogP contribution is 2.26. The monoisotopic (exact) mass is 285 g/mol. The Bertz CT molecular complexity index is 382. The molecule has 1 aliphatic rings. The SMILES string of the molecule is COCCCSc1ccc(CNC2CC2)c(Cl)c1. The number of hydrogen-bond donors (Lipinski definition) is 1. The highest BCUT2D eigenvalue weighted by atomic mass is 35.5. The van der Waals surface area contributed by atoms with E-state index < -0.39 is 0 Å². The standard InChI is InChI=1S/C14H20ClNOS/c1-17-7-2-8-18-13-6-3-11(14(15)9-13)10-16-12-4-5-12/h3,6,9,12,16H,2,4-5,7-8,10H2,1H3. The van der Waals surface area contributed by atoms with E-state index in [1.165, 1.54) is 23.3 Å². The van der Waals surface area contributed by atoms with Crippen LogP contribution in [0.15, 0.2) is 23.1 Å². The highest BCUT2D eigenvalue weighted by Gasteiger charge is 2.20. The summed E-state index contributed by atoms with van der Waals surface area (Å²) in [6.45, 7) is 1.71. The first-order chi connectivity index (χ1) is 8.79. The van der Waals surface area contributed by atoms with Crippen molar-refractivity contribution in [1.82, 2.24) is 5.32 Å². The number of methoxy groups -OCH3 is 1. The molecule has 2 nitrogen and oxygen atoms in total. The van der Waals surface area contributed by atoms with E-state index in [0.29, 0.717) is 0 Å². The maximum Gasteiger partial charge on any atom is 0.0470 e. The van der Waals surface area contributed by atoms with Gasteiger partial charge in [-0.15, -0.1) is 11.8 Å². The van der Waals surface area contributed by atoms with Crippen LogP contribution in [0.2, 0.25) is 5.02 Å². The van der Waals surface area contributed by atoms with E-state index >= 15 is 0 Å². The molecule has 0 bridgehead atoms. The van der Waals surface area contributed by atoms with Crippen LogP contribution >= 0.6 is 23.4 Å². The third-order valence-corrected chi connectivity index (χ3v) is 4.38. The Morgan fingerprint density at radius 3 is 2.94 bits per heavy atom. The van der Waals surface area contributed by atoms with Crippen molar-refractivity contribution >= 4 is 23.4 Å². The molecule has 0 aliphatic heterocycles. The Labute approximate surface area is 118 Å². The molecule has 1 aromatic carbocycles. The second-order valence-electron chi connectivity index (χ2n) is 4.60. The van der Waals surface area contributed by atoms with Gasteiger partial charge in [-0.3, -0.25) is 0 Å². The Hall–Kier alpha value is -0.220. The summed E-state index contributed by atoms with van der Waals surface area (Å²) in [5, 5.41) is 4.36. The number of benzene rings is 1. The van der Waals surface area contributed by atoms with Crippen LogP contribution < -0.4 is 5.32 Å². The maximum atomic E-state index is 6.30. The van der Waals surface area contributed by atoms with Gasteiger partial charge in [0.2, 0.25) is 0 Å². The molecule has 1 N–H and O–H groups in total.